The van der Waals surface area contributed by atoms with Crippen LogP contribution >= 0.6 is 11.3 Å². The van der Waals surface area contributed by atoms with E-state index >= 15 is 0 Å². The Kier molecular flexibility index (Phi) is 4.04. The van der Waals surface area contributed by atoms with Gasteiger partial charge in [0.25, 0.3) is 0 Å². The molecule has 7 nitrogen and oxygen atoms in total. The van der Waals surface area contributed by atoms with Crippen LogP contribution in [0.4, 0.5) is 9.93 Å². The summed E-state index contributed by atoms with van der Waals surface area (Å²) in [5.41, 5.74) is 1.75. The van der Waals surface area contributed by atoms with Crippen molar-refractivity contribution in [3.05, 3.63) is 47.9 Å². The topological polar surface area (TPSA) is 65.8 Å². The van der Waals surface area contributed by atoms with Gasteiger partial charge in [-0.3, -0.25) is 0 Å². The van der Waals surface area contributed by atoms with Gasteiger partial charge in [-0.2, -0.15) is 0 Å². The molecule has 4 rings (SSSR count). The Hall–Kier alpha value is -2.61. The second-order valence-corrected chi connectivity index (χ2v) is 6.52. The molecule has 1 saturated heterocycles. The number of fused-ring (bicyclic) bond motifs is 1. The van der Waals surface area contributed by atoms with Crippen molar-refractivity contribution in [3.63, 3.8) is 0 Å². The number of amides is 2. The van der Waals surface area contributed by atoms with E-state index in [1.165, 1.54) is 0 Å². The summed E-state index contributed by atoms with van der Waals surface area (Å²) in [5.74, 6) is 0. The summed E-state index contributed by atoms with van der Waals surface area (Å²) in [7, 11) is 0. The number of nitrogens with one attached hydrogen (secondary N) is 1. The molecule has 2 amide bonds. The largest absolute Gasteiger partial charge is 0.345 e. The van der Waals surface area contributed by atoms with Crippen molar-refractivity contribution >= 4 is 28.1 Å². The molecule has 0 bridgehead atoms. The van der Waals surface area contributed by atoms with Crippen molar-refractivity contribution in [2.24, 2.45) is 0 Å². The minimum atomic E-state index is -0.0363. The fraction of sp³-hybridized carbons (Fsp3) is 0.312. The number of hydrogen-bond acceptors (Lipinski definition) is 5. The number of carbonyl (C=O) groups is 1. The predicted octanol–water partition coefficient (Wildman–Crippen LogP) is 1.82. The molecule has 1 fully saturated rings. The molecular formula is C16H18N6OS. The van der Waals surface area contributed by atoms with Crippen LogP contribution in [0, 0.1) is 0 Å². The summed E-state index contributed by atoms with van der Waals surface area (Å²) in [5, 5.41) is 5.96. The van der Waals surface area contributed by atoms with Gasteiger partial charge in [-0.15, -0.1) is 11.3 Å². The molecule has 0 radical (unpaired) electrons. The van der Waals surface area contributed by atoms with Gasteiger partial charge in [-0.05, 0) is 12.1 Å². The SMILES string of the molecule is O=C(NCc1cn2ccccc2n1)N1CCN(c2nccs2)CC1. The van der Waals surface area contributed by atoms with Crippen LogP contribution in [0.3, 0.4) is 0 Å². The number of imidazole rings is 1. The van der Waals surface area contributed by atoms with Gasteiger partial charge in [-0.1, -0.05) is 6.07 Å². The van der Waals surface area contributed by atoms with Crippen molar-refractivity contribution in [1.82, 2.24) is 24.6 Å². The van der Waals surface area contributed by atoms with Crippen molar-refractivity contribution in [2.75, 3.05) is 31.1 Å². The molecule has 24 heavy (non-hydrogen) atoms. The Bertz CT molecular complexity index is 789. The molecule has 8 heteroatoms. The third kappa shape index (κ3) is 3.05. The summed E-state index contributed by atoms with van der Waals surface area (Å²) in [6.45, 7) is 3.48. The highest BCUT2D eigenvalue weighted by atomic mass is 32.1. The Balaban J connectivity index is 1.30. The molecule has 0 unspecified atom stereocenters. The number of thiazole rings is 1. The second kappa shape index (κ2) is 6.48. The maximum absolute atomic E-state index is 12.3. The lowest BCUT2D eigenvalue weighted by molar-refractivity contribution is 0.194. The highest BCUT2D eigenvalue weighted by Crippen LogP contribution is 2.18. The van der Waals surface area contributed by atoms with Gasteiger partial charge in [0.1, 0.15) is 5.65 Å². The maximum Gasteiger partial charge on any atom is 0.317 e. The average molecular weight is 342 g/mol. The van der Waals surface area contributed by atoms with E-state index in [0.717, 1.165) is 29.6 Å². The number of aromatic nitrogens is 3. The molecule has 1 aliphatic heterocycles. The van der Waals surface area contributed by atoms with Crippen molar-refractivity contribution in [1.29, 1.82) is 0 Å². The minimum absolute atomic E-state index is 0.0363. The van der Waals surface area contributed by atoms with Gasteiger partial charge >= 0.3 is 6.03 Å². The molecule has 0 saturated carbocycles. The first-order valence-electron chi connectivity index (χ1n) is 7.89. The van der Waals surface area contributed by atoms with E-state index < -0.39 is 0 Å². The maximum atomic E-state index is 12.3. The summed E-state index contributed by atoms with van der Waals surface area (Å²) < 4.78 is 1.95. The molecule has 4 heterocycles. The van der Waals surface area contributed by atoms with E-state index in [9.17, 15) is 4.79 Å². The normalized spacial score (nSPS) is 15.0. The minimum Gasteiger partial charge on any atom is -0.345 e. The third-order valence-electron chi connectivity index (χ3n) is 4.09. The first-order chi connectivity index (χ1) is 11.8. The number of urea groups is 1. The lowest BCUT2D eigenvalue weighted by atomic mass is 10.3. The van der Waals surface area contributed by atoms with E-state index in [0.29, 0.717) is 19.6 Å². The summed E-state index contributed by atoms with van der Waals surface area (Å²) in [6, 6.07) is 5.82. The Morgan fingerprint density at radius 1 is 1.25 bits per heavy atom. The van der Waals surface area contributed by atoms with E-state index in [1.54, 1.807) is 11.3 Å². The van der Waals surface area contributed by atoms with Gasteiger partial charge < -0.3 is 19.5 Å². The molecule has 3 aromatic heterocycles. The van der Waals surface area contributed by atoms with Crippen LogP contribution in [0.1, 0.15) is 5.69 Å². The number of rotatable bonds is 3. The van der Waals surface area contributed by atoms with E-state index in [1.807, 2.05) is 51.5 Å². The monoisotopic (exact) mass is 342 g/mol. The highest BCUT2D eigenvalue weighted by Gasteiger charge is 2.22. The Labute approximate surface area is 143 Å². The number of pyridine rings is 1. The van der Waals surface area contributed by atoms with Crippen molar-refractivity contribution in [2.45, 2.75) is 6.54 Å². The van der Waals surface area contributed by atoms with Crippen LogP contribution in [-0.4, -0.2) is 51.5 Å². The average Bonchev–Trinajstić information content (AvgIpc) is 3.29. The van der Waals surface area contributed by atoms with Crippen molar-refractivity contribution < 1.29 is 4.79 Å². The van der Waals surface area contributed by atoms with E-state index in [-0.39, 0.29) is 6.03 Å². The van der Waals surface area contributed by atoms with E-state index in [4.69, 9.17) is 0 Å². The number of hydrogen-bond donors (Lipinski definition) is 1. The third-order valence-corrected chi connectivity index (χ3v) is 4.92. The second-order valence-electron chi connectivity index (χ2n) is 5.65. The van der Waals surface area contributed by atoms with E-state index in [2.05, 4.69) is 20.2 Å². The zero-order chi connectivity index (χ0) is 16.4. The molecule has 3 aromatic rings. The van der Waals surface area contributed by atoms with Crippen LogP contribution in [-0.2, 0) is 6.54 Å². The van der Waals surface area contributed by atoms with Crippen LogP contribution in [0.25, 0.3) is 5.65 Å². The first-order valence-corrected chi connectivity index (χ1v) is 8.77. The molecule has 0 aromatic carbocycles. The van der Waals surface area contributed by atoms with Crippen LogP contribution < -0.4 is 10.2 Å². The molecule has 124 valence electrons. The molecule has 1 aliphatic rings. The lowest BCUT2D eigenvalue weighted by Crippen LogP contribution is -2.51. The fourth-order valence-corrected chi connectivity index (χ4v) is 3.52. The van der Waals surface area contributed by atoms with Gasteiger partial charge in [0.15, 0.2) is 5.13 Å². The molecule has 0 atom stereocenters. The number of nitrogens with zero attached hydrogens (tertiary/aromatic N) is 5. The quantitative estimate of drug-likeness (QED) is 0.788. The lowest BCUT2D eigenvalue weighted by Gasteiger charge is -2.34. The molecule has 0 aliphatic carbocycles. The molecule has 1 N–H and O–H groups in total. The van der Waals surface area contributed by atoms with Crippen LogP contribution in [0.2, 0.25) is 0 Å². The molecular weight excluding hydrogens is 324 g/mol. The zero-order valence-electron chi connectivity index (χ0n) is 13.1. The Morgan fingerprint density at radius 3 is 2.88 bits per heavy atom. The van der Waals surface area contributed by atoms with Crippen LogP contribution in [0.5, 0.6) is 0 Å². The smallest absolute Gasteiger partial charge is 0.317 e. The van der Waals surface area contributed by atoms with Crippen LogP contribution in [0.15, 0.2) is 42.2 Å². The summed E-state index contributed by atoms with van der Waals surface area (Å²) >= 11 is 1.63. The molecule has 0 spiro atoms. The summed E-state index contributed by atoms with van der Waals surface area (Å²) in [6.07, 6.45) is 5.70. The Morgan fingerprint density at radius 2 is 2.12 bits per heavy atom. The standard InChI is InChI=1S/C16H18N6OS/c23-15(18-11-13-12-22-5-2-1-3-14(22)19-13)20-6-8-21(9-7-20)16-17-4-10-24-16/h1-5,10,12H,6-9,11H2,(H,18,23). The number of anilines is 1. The predicted molar refractivity (Wildman–Crippen MR) is 93.3 cm³/mol. The summed E-state index contributed by atoms with van der Waals surface area (Å²) in [4.78, 5) is 25.2. The first kappa shape index (κ1) is 14.9. The zero-order valence-corrected chi connectivity index (χ0v) is 13.9. The number of carbonyl (C=O) groups excluding carboxylic acids is 1. The fourth-order valence-electron chi connectivity index (χ4n) is 2.82. The highest BCUT2D eigenvalue weighted by molar-refractivity contribution is 7.13. The van der Waals surface area contributed by atoms with Gasteiger partial charge in [0.05, 0.1) is 12.2 Å². The van der Waals surface area contributed by atoms with Crippen molar-refractivity contribution in [3.8, 4) is 0 Å². The van der Waals surface area contributed by atoms with Gasteiger partial charge in [-0.25, -0.2) is 14.8 Å². The number of piperazine rings is 1. The van der Waals surface area contributed by atoms with Gasteiger partial charge in [0, 0.05) is 50.1 Å². The van der Waals surface area contributed by atoms with Gasteiger partial charge in [0.2, 0.25) is 0 Å².